The Morgan fingerprint density at radius 3 is 2.53 bits per heavy atom. The van der Waals surface area contributed by atoms with Gasteiger partial charge in [-0.3, -0.25) is 0 Å². The molecule has 158 valence electrons. The Morgan fingerprint density at radius 2 is 1.83 bits per heavy atom. The highest BCUT2D eigenvalue weighted by Gasteiger charge is 2.33. The summed E-state index contributed by atoms with van der Waals surface area (Å²) in [6.07, 6.45) is 0.859. The van der Waals surface area contributed by atoms with E-state index in [9.17, 15) is 17.2 Å². The van der Waals surface area contributed by atoms with Crippen LogP contribution < -0.4 is 4.90 Å². The summed E-state index contributed by atoms with van der Waals surface area (Å²) in [5.74, 6) is -0.977. The van der Waals surface area contributed by atoms with Gasteiger partial charge in [0.05, 0.1) is 15.8 Å². The third-order valence-electron chi connectivity index (χ3n) is 5.26. The first-order valence-electron chi connectivity index (χ1n) is 9.41. The lowest BCUT2D eigenvalue weighted by atomic mass is 10.1. The topological polar surface area (TPSA) is 50.3 Å². The van der Waals surface area contributed by atoms with Gasteiger partial charge in [-0.25, -0.2) is 22.2 Å². The summed E-state index contributed by atoms with van der Waals surface area (Å²) in [4.78, 5) is 6.67. The van der Waals surface area contributed by atoms with Gasteiger partial charge < -0.3 is 4.90 Å². The van der Waals surface area contributed by atoms with Crippen molar-refractivity contribution >= 4 is 37.9 Å². The van der Waals surface area contributed by atoms with Gasteiger partial charge in [-0.15, -0.1) is 11.3 Å². The lowest BCUT2D eigenvalue weighted by molar-refractivity contribution is 0.528. The highest BCUT2D eigenvalue weighted by Crippen LogP contribution is 2.33. The Morgan fingerprint density at radius 1 is 1.10 bits per heavy atom. The van der Waals surface area contributed by atoms with Gasteiger partial charge in [0, 0.05) is 29.1 Å². The second-order valence-electron chi connectivity index (χ2n) is 7.31. The molecule has 3 aromatic rings. The van der Waals surface area contributed by atoms with Crippen molar-refractivity contribution in [2.45, 2.75) is 29.9 Å². The Kier molecular flexibility index (Phi) is 5.83. The van der Waals surface area contributed by atoms with Crippen molar-refractivity contribution in [2.24, 2.45) is 0 Å². The van der Waals surface area contributed by atoms with Gasteiger partial charge >= 0.3 is 0 Å². The molecule has 0 aliphatic carbocycles. The van der Waals surface area contributed by atoms with Crippen LogP contribution in [0, 0.1) is 18.6 Å². The quantitative estimate of drug-likeness (QED) is 0.507. The van der Waals surface area contributed by atoms with E-state index in [-0.39, 0.29) is 4.90 Å². The summed E-state index contributed by atoms with van der Waals surface area (Å²) in [5.41, 5.74) is 1.78. The van der Waals surface area contributed by atoms with Crippen molar-refractivity contribution in [3.63, 3.8) is 0 Å². The van der Waals surface area contributed by atoms with Crippen LogP contribution in [0.15, 0.2) is 46.7 Å². The molecule has 1 aliphatic heterocycles. The highest BCUT2D eigenvalue weighted by molar-refractivity contribution is 7.92. The standard InChI is InChI=1S/C21H19ClF2N2O2S2/c1-13-2-3-16(23)11-20(13)30(27,28)18-4-6-26(7-5-18)21-25-19(12-29-21)14-8-15(22)10-17(24)9-14/h2-3,8-12,18H,4-7H2,1H3. The van der Waals surface area contributed by atoms with Crippen LogP contribution >= 0.6 is 22.9 Å². The maximum absolute atomic E-state index is 13.6. The molecule has 1 fully saturated rings. The van der Waals surface area contributed by atoms with Crippen LogP contribution in [0.1, 0.15) is 18.4 Å². The van der Waals surface area contributed by atoms with Crippen molar-refractivity contribution < 1.29 is 17.2 Å². The molecule has 0 amide bonds. The first-order chi connectivity index (χ1) is 14.2. The summed E-state index contributed by atoms with van der Waals surface area (Å²) in [7, 11) is -3.61. The summed E-state index contributed by atoms with van der Waals surface area (Å²) in [5, 5.41) is 2.33. The molecule has 1 aliphatic rings. The first-order valence-corrected chi connectivity index (χ1v) is 12.2. The highest BCUT2D eigenvalue weighted by atomic mass is 35.5. The molecule has 0 unspecified atom stereocenters. The van der Waals surface area contributed by atoms with E-state index in [0.29, 0.717) is 47.8 Å². The van der Waals surface area contributed by atoms with Gasteiger partial charge in [-0.2, -0.15) is 0 Å². The van der Waals surface area contributed by atoms with Crippen LogP contribution in [0.4, 0.5) is 13.9 Å². The average molecular weight is 469 g/mol. The molecule has 0 spiro atoms. The molecule has 4 nitrogen and oxygen atoms in total. The second-order valence-corrected chi connectivity index (χ2v) is 10.8. The molecule has 0 radical (unpaired) electrons. The summed E-state index contributed by atoms with van der Waals surface area (Å²) in [6, 6.07) is 8.14. The van der Waals surface area contributed by atoms with Crippen LogP contribution in [0.2, 0.25) is 5.02 Å². The molecular weight excluding hydrogens is 450 g/mol. The number of aryl methyl sites for hydroxylation is 1. The van der Waals surface area contributed by atoms with E-state index >= 15 is 0 Å². The molecule has 1 aromatic heterocycles. The minimum atomic E-state index is -3.61. The van der Waals surface area contributed by atoms with E-state index < -0.39 is 26.7 Å². The van der Waals surface area contributed by atoms with Crippen molar-refractivity contribution in [1.29, 1.82) is 0 Å². The molecule has 9 heteroatoms. The number of rotatable bonds is 4. The SMILES string of the molecule is Cc1ccc(F)cc1S(=O)(=O)C1CCN(c2nc(-c3cc(F)cc(Cl)c3)cs2)CC1. The van der Waals surface area contributed by atoms with Crippen LogP contribution in [0.3, 0.4) is 0 Å². The number of benzene rings is 2. The average Bonchev–Trinajstić information content (AvgIpc) is 3.19. The summed E-state index contributed by atoms with van der Waals surface area (Å²) in [6.45, 7) is 2.72. The van der Waals surface area contributed by atoms with E-state index in [2.05, 4.69) is 4.98 Å². The van der Waals surface area contributed by atoms with E-state index in [1.54, 1.807) is 13.0 Å². The number of sulfone groups is 1. The maximum atomic E-state index is 13.6. The Hall–Kier alpha value is -2.03. The van der Waals surface area contributed by atoms with E-state index in [0.717, 1.165) is 11.2 Å². The smallest absolute Gasteiger partial charge is 0.185 e. The third-order valence-corrected chi connectivity index (χ3v) is 8.78. The van der Waals surface area contributed by atoms with Crippen LogP contribution in [0.25, 0.3) is 11.3 Å². The second kappa shape index (κ2) is 8.24. The molecule has 0 atom stereocenters. The number of anilines is 1. The number of aromatic nitrogens is 1. The third kappa shape index (κ3) is 4.22. The van der Waals surface area contributed by atoms with Crippen LogP contribution in [0.5, 0.6) is 0 Å². The van der Waals surface area contributed by atoms with Crippen molar-refractivity contribution in [3.05, 3.63) is 64.0 Å². The predicted molar refractivity (Wildman–Crippen MR) is 116 cm³/mol. The Balaban J connectivity index is 1.49. The van der Waals surface area contributed by atoms with Gasteiger partial charge in [0.2, 0.25) is 0 Å². The minimum Gasteiger partial charge on any atom is -0.348 e. The molecule has 4 rings (SSSR count). The zero-order valence-electron chi connectivity index (χ0n) is 16.1. The van der Waals surface area contributed by atoms with Crippen molar-refractivity contribution in [3.8, 4) is 11.3 Å². The van der Waals surface area contributed by atoms with Crippen LogP contribution in [-0.2, 0) is 9.84 Å². The molecule has 2 aromatic carbocycles. The summed E-state index contributed by atoms with van der Waals surface area (Å²) < 4.78 is 53.3. The fourth-order valence-corrected chi connectivity index (χ4v) is 6.76. The fourth-order valence-electron chi connectivity index (χ4n) is 3.66. The predicted octanol–water partition coefficient (Wildman–Crippen LogP) is 5.49. The fraction of sp³-hybridized carbons (Fsp3) is 0.286. The maximum Gasteiger partial charge on any atom is 0.185 e. The number of piperidine rings is 1. The lowest BCUT2D eigenvalue weighted by Crippen LogP contribution is -2.39. The lowest BCUT2D eigenvalue weighted by Gasteiger charge is -2.31. The zero-order valence-corrected chi connectivity index (χ0v) is 18.5. The van der Waals surface area contributed by atoms with Crippen molar-refractivity contribution in [1.82, 2.24) is 4.98 Å². The van der Waals surface area contributed by atoms with Gasteiger partial charge in [-0.1, -0.05) is 17.7 Å². The van der Waals surface area contributed by atoms with Gasteiger partial charge in [0.25, 0.3) is 0 Å². The van der Waals surface area contributed by atoms with E-state index in [1.807, 2.05) is 10.3 Å². The van der Waals surface area contributed by atoms with Crippen molar-refractivity contribution in [2.75, 3.05) is 18.0 Å². The Bertz CT molecular complexity index is 1170. The number of thiazole rings is 1. The first kappa shape index (κ1) is 21.2. The number of nitrogens with zero attached hydrogens (tertiary/aromatic N) is 2. The number of hydrogen-bond donors (Lipinski definition) is 0. The van der Waals surface area contributed by atoms with E-state index in [1.165, 1.54) is 35.6 Å². The number of halogens is 3. The zero-order chi connectivity index (χ0) is 21.5. The van der Waals surface area contributed by atoms with Gasteiger partial charge in [0.15, 0.2) is 15.0 Å². The Labute approximate surface area is 183 Å². The van der Waals surface area contributed by atoms with Gasteiger partial charge in [-0.05, 0) is 55.7 Å². The number of hydrogen-bond acceptors (Lipinski definition) is 5. The monoisotopic (exact) mass is 468 g/mol. The summed E-state index contributed by atoms with van der Waals surface area (Å²) >= 11 is 7.35. The normalized spacial score (nSPS) is 15.5. The molecular formula is C21H19ClF2N2O2S2. The molecule has 2 heterocycles. The molecule has 0 N–H and O–H groups in total. The van der Waals surface area contributed by atoms with Crippen LogP contribution in [-0.4, -0.2) is 31.7 Å². The largest absolute Gasteiger partial charge is 0.348 e. The van der Waals surface area contributed by atoms with Gasteiger partial charge in [0.1, 0.15) is 11.6 Å². The molecule has 0 bridgehead atoms. The molecule has 1 saturated heterocycles. The minimum absolute atomic E-state index is 0.0699. The molecule has 30 heavy (non-hydrogen) atoms. The van der Waals surface area contributed by atoms with E-state index in [4.69, 9.17) is 11.6 Å². The molecule has 0 saturated carbocycles.